The summed E-state index contributed by atoms with van der Waals surface area (Å²) in [5, 5.41) is 9.32. The van der Waals surface area contributed by atoms with E-state index in [4.69, 9.17) is 0 Å². The minimum absolute atomic E-state index is 0.0132. The Morgan fingerprint density at radius 1 is 1.19 bits per heavy atom. The number of nitrogens with zero attached hydrogens (tertiary/aromatic N) is 3. The van der Waals surface area contributed by atoms with Crippen molar-refractivity contribution in [2.45, 2.75) is 38.3 Å². The van der Waals surface area contributed by atoms with Crippen molar-refractivity contribution >= 4 is 17.9 Å². The van der Waals surface area contributed by atoms with Crippen LogP contribution >= 0.6 is 0 Å². The molecule has 3 rings (SSSR count). The molecule has 0 aliphatic carbocycles. The molecule has 0 radical (unpaired) electrons. The maximum absolute atomic E-state index is 12.6. The number of rotatable bonds is 1. The molecule has 3 amide bonds. The number of hydrogen-bond acceptors (Lipinski definition) is 3. The van der Waals surface area contributed by atoms with Crippen LogP contribution in [0.25, 0.3) is 0 Å². The number of hydrogen-bond donors (Lipinski definition) is 1. The Labute approximate surface area is 123 Å². The van der Waals surface area contributed by atoms with E-state index in [1.54, 1.807) is 4.90 Å². The van der Waals surface area contributed by atoms with Crippen LogP contribution in [0.4, 0.5) is 4.79 Å². The fourth-order valence-electron chi connectivity index (χ4n) is 3.76. The summed E-state index contributed by atoms with van der Waals surface area (Å²) in [4.78, 5) is 40.7. The first-order valence-corrected chi connectivity index (χ1v) is 7.57. The molecule has 0 bridgehead atoms. The molecule has 21 heavy (non-hydrogen) atoms. The molecule has 0 spiro atoms. The van der Waals surface area contributed by atoms with Crippen molar-refractivity contribution in [3.05, 3.63) is 0 Å². The molecule has 3 aliphatic rings. The van der Waals surface area contributed by atoms with Crippen molar-refractivity contribution in [1.82, 2.24) is 14.7 Å². The van der Waals surface area contributed by atoms with Gasteiger partial charge < -0.3 is 19.8 Å². The van der Waals surface area contributed by atoms with E-state index in [1.807, 2.05) is 11.8 Å². The number of carbonyl (C=O) groups is 3. The first kappa shape index (κ1) is 14.2. The van der Waals surface area contributed by atoms with Gasteiger partial charge in [-0.25, -0.2) is 9.59 Å². The van der Waals surface area contributed by atoms with E-state index in [1.165, 1.54) is 4.90 Å². The fourth-order valence-corrected chi connectivity index (χ4v) is 3.76. The average molecular weight is 295 g/mol. The Hall–Kier alpha value is -1.79. The number of carboxylic acids is 1. The Balaban J connectivity index is 1.68. The van der Waals surface area contributed by atoms with Gasteiger partial charge in [-0.2, -0.15) is 0 Å². The van der Waals surface area contributed by atoms with Crippen LogP contribution in [0.15, 0.2) is 0 Å². The van der Waals surface area contributed by atoms with Crippen LogP contribution < -0.4 is 0 Å². The van der Waals surface area contributed by atoms with Gasteiger partial charge in [0.25, 0.3) is 0 Å². The molecule has 0 aromatic rings. The molecule has 3 saturated heterocycles. The van der Waals surface area contributed by atoms with Gasteiger partial charge >= 0.3 is 12.0 Å². The SMILES string of the molecule is CC1CCN(C(=O)N2CCN3C(=O)CCC3C2)C1C(=O)O. The summed E-state index contributed by atoms with van der Waals surface area (Å²) in [7, 11) is 0. The second kappa shape index (κ2) is 5.20. The molecule has 7 heteroatoms. The Morgan fingerprint density at radius 2 is 1.95 bits per heavy atom. The summed E-state index contributed by atoms with van der Waals surface area (Å²) in [6.45, 7) is 3.97. The number of piperazine rings is 1. The van der Waals surface area contributed by atoms with Gasteiger partial charge in [0.15, 0.2) is 0 Å². The lowest BCUT2D eigenvalue weighted by atomic mass is 10.0. The van der Waals surface area contributed by atoms with Crippen LogP contribution in [-0.4, -0.2) is 76.0 Å². The van der Waals surface area contributed by atoms with Crippen LogP contribution in [0.5, 0.6) is 0 Å². The fraction of sp³-hybridized carbons (Fsp3) is 0.786. The number of amides is 3. The van der Waals surface area contributed by atoms with Gasteiger partial charge in [-0.1, -0.05) is 6.92 Å². The van der Waals surface area contributed by atoms with Crippen molar-refractivity contribution in [2.75, 3.05) is 26.2 Å². The number of fused-ring (bicyclic) bond motifs is 1. The van der Waals surface area contributed by atoms with Crippen molar-refractivity contribution < 1.29 is 19.5 Å². The second-order valence-electron chi connectivity index (χ2n) is 6.25. The van der Waals surface area contributed by atoms with E-state index >= 15 is 0 Å². The van der Waals surface area contributed by atoms with Gasteiger partial charge in [0, 0.05) is 38.6 Å². The molecule has 3 atom stereocenters. The van der Waals surface area contributed by atoms with Crippen molar-refractivity contribution in [3.63, 3.8) is 0 Å². The lowest BCUT2D eigenvalue weighted by Gasteiger charge is -2.39. The van der Waals surface area contributed by atoms with Crippen molar-refractivity contribution in [1.29, 1.82) is 0 Å². The predicted octanol–water partition coefficient (Wildman–Crippen LogP) is 0.208. The molecule has 0 aromatic heterocycles. The van der Waals surface area contributed by atoms with E-state index in [9.17, 15) is 19.5 Å². The van der Waals surface area contributed by atoms with E-state index in [0.29, 0.717) is 32.6 Å². The van der Waals surface area contributed by atoms with Crippen molar-refractivity contribution in [2.24, 2.45) is 5.92 Å². The standard InChI is InChI=1S/C14H21N3O4/c1-9-4-5-17(12(9)13(19)20)14(21)15-6-7-16-10(8-15)2-3-11(16)18/h9-10,12H,2-8H2,1H3,(H,19,20). The van der Waals surface area contributed by atoms with Crippen LogP contribution in [0.2, 0.25) is 0 Å². The molecule has 116 valence electrons. The molecule has 3 unspecified atom stereocenters. The molecule has 3 heterocycles. The molecule has 0 aromatic carbocycles. The van der Waals surface area contributed by atoms with E-state index in [-0.39, 0.29) is 23.9 Å². The molecule has 3 aliphatic heterocycles. The number of aliphatic carboxylic acids is 1. The van der Waals surface area contributed by atoms with Crippen LogP contribution in [0, 0.1) is 5.92 Å². The maximum atomic E-state index is 12.6. The smallest absolute Gasteiger partial charge is 0.326 e. The van der Waals surface area contributed by atoms with Gasteiger partial charge in [0.05, 0.1) is 0 Å². The summed E-state index contributed by atoms with van der Waals surface area (Å²) in [6, 6.07) is -0.801. The normalized spacial score (nSPS) is 32.5. The summed E-state index contributed by atoms with van der Waals surface area (Å²) < 4.78 is 0. The zero-order chi connectivity index (χ0) is 15.1. The number of carbonyl (C=O) groups excluding carboxylic acids is 2. The molecule has 1 N–H and O–H groups in total. The monoisotopic (exact) mass is 295 g/mol. The Kier molecular flexibility index (Phi) is 3.51. The lowest BCUT2D eigenvalue weighted by Crippen LogP contribution is -2.57. The third-order valence-corrected chi connectivity index (χ3v) is 4.96. The molecule has 3 fully saturated rings. The van der Waals surface area contributed by atoms with Crippen LogP contribution in [0.1, 0.15) is 26.2 Å². The third kappa shape index (κ3) is 2.34. The van der Waals surface area contributed by atoms with Crippen LogP contribution in [-0.2, 0) is 9.59 Å². The predicted molar refractivity (Wildman–Crippen MR) is 73.6 cm³/mol. The minimum atomic E-state index is -0.928. The highest BCUT2D eigenvalue weighted by molar-refractivity contribution is 5.84. The number of likely N-dealkylation sites (tertiary alicyclic amines) is 1. The van der Waals surface area contributed by atoms with Gasteiger partial charge in [-0.05, 0) is 18.8 Å². The highest BCUT2D eigenvalue weighted by atomic mass is 16.4. The molecular formula is C14H21N3O4. The summed E-state index contributed by atoms with van der Waals surface area (Å²) in [5.41, 5.74) is 0. The zero-order valence-electron chi connectivity index (χ0n) is 12.2. The Bertz CT molecular complexity index is 481. The number of carboxylic acid groups (broad SMARTS) is 1. The van der Waals surface area contributed by atoms with Gasteiger partial charge in [0.2, 0.25) is 5.91 Å². The Morgan fingerprint density at radius 3 is 2.67 bits per heavy atom. The summed E-state index contributed by atoms with van der Waals surface area (Å²) >= 11 is 0. The van der Waals surface area contributed by atoms with Gasteiger partial charge in [0.1, 0.15) is 6.04 Å². The van der Waals surface area contributed by atoms with Crippen molar-refractivity contribution in [3.8, 4) is 0 Å². The van der Waals surface area contributed by atoms with Gasteiger partial charge in [-0.3, -0.25) is 4.79 Å². The first-order chi connectivity index (χ1) is 9.99. The minimum Gasteiger partial charge on any atom is -0.480 e. The topological polar surface area (TPSA) is 81.2 Å². The summed E-state index contributed by atoms with van der Waals surface area (Å²) in [5.74, 6) is -0.769. The maximum Gasteiger partial charge on any atom is 0.326 e. The first-order valence-electron chi connectivity index (χ1n) is 7.57. The summed E-state index contributed by atoms with van der Waals surface area (Å²) in [6.07, 6.45) is 2.08. The molecule has 7 nitrogen and oxygen atoms in total. The highest BCUT2D eigenvalue weighted by Gasteiger charge is 2.43. The second-order valence-corrected chi connectivity index (χ2v) is 6.25. The van der Waals surface area contributed by atoms with E-state index in [0.717, 1.165) is 12.8 Å². The third-order valence-electron chi connectivity index (χ3n) is 4.96. The largest absolute Gasteiger partial charge is 0.480 e. The molecule has 0 saturated carbocycles. The van der Waals surface area contributed by atoms with Crippen LogP contribution in [0.3, 0.4) is 0 Å². The molecular weight excluding hydrogens is 274 g/mol. The number of urea groups is 1. The quantitative estimate of drug-likeness (QED) is 0.749. The lowest BCUT2D eigenvalue weighted by molar-refractivity contribution is -0.142. The average Bonchev–Trinajstić information content (AvgIpc) is 3.01. The van der Waals surface area contributed by atoms with E-state index in [2.05, 4.69) is 0 Å². The zero-order valence-corrected chi connectivity index (χ0v) is 12.2. The van der Waals surface area contributed by atoms with Gasteiger partial charge in [-0.15, -0.1) is 0 Å². The highest BCUT2D eigenvalue weighted by Crippen LogP contribution is 2.28. The van der Waals surface area contributed by atoms with E-state index < -0.39 is 12.0 Å².